The number of imide groups is 2. The number of alkyl halides is 3. The lowest BCUT2D eigenvalue weighted by Gasteiger charge is -2.50. The average Bonchev–Trinajstić information content (AvgIpc) is 3.81. The van der Waals surface area contributed by atoms with E-state index in [2.05, 4.69) is 17.0 Å². The van der Waals surface area contributed by atoms with Crippen molar-refractivity contribution in [2.24, 2.45) is 23.7 Å². The number of nitrogens with one attached hydrogen (secondary N) is 1. The molecular weight excluding hydrogens is 776 g/mol. The molecule has 0 bridgehead atoms. The number of halogens is 5. The van der Waals surface area contributed by atoms with Gasteiger partial charge in [0.05, 0.1) is 40.3 Å². The number of allylic oxidation sites excluding steroid dienone is 3. The van der Waals surface area contributed by atoms with Crippen LogP contribution in [0.1, 0.15) is 45.9 Å². The summed E-state index contributed by atoms with van der Waals surface area (Å²) in [6, 6.07) is 15.8. The minimum atomic E-state index is -4.75. The van der Waals surface area contributed by atoms with Gasteiger partial charge in [-0.3, -0.25) is 29.5 Å². The van der Waals surface area contributed by atoms with E-state index in [-0.39, 0.29) is 49.2 Å². The number of amides is 4. The first-order valence-electron chi connectivity index (χ1n) is 17.4. The van der Waals surface area contributed by atoms with Crippen LogP contribution in [0.3, 0.4) is 0 Å². The predicted molar refractivity (Wildman–Crippen MR) is 199 cm³/mol. The van der Waals surface area contributed by atoms with Crippen LogP contribution in [0.25, 0.3) is 0 Å². The summed E-state index contributed by atoms with van der Waals surface area (Å²) in [5.41, 5.74) is 1.53. The first-order chi connectivity index (χ1) is 26.3. The number of phenols is 1. The number of likely N-dealkylation sites (tertiary alicyclic amines) is 1. The van der Waals surface area contributed by atoms with Crippen molar-refractivity contribution in [2.45, 2.75) is 43.3 Å². The summed E-state index contributed by atoms with van der Waals surface area (Å²) in [5.74, 6) is -7.26. The number of aromatic hydroxyl groups is 1. The summed E-state index contributed by atoms with van der Waals surface area (Å²) in [6.07, 6.45) is -0.308. The fourth-order valence-corrected chi connectivity index (χ4v) is 10.1. The van der Waals surface area contributed by atoms with E-state index in [9.17, 15) is 32.7 Å². The van der Waals surface area contributed by atoms with Crippen LogP contribution in [0.5, 0.6) is 5.75 Å². The Bertz CT molecular complexity index is 2300. The minimum absolute atomic E-state index is 0.0397. The second kappa shape index (κ2) is 13.6. The topological polar surface area (TPSA) is 120 Å². The van der Waals surface area contributed by atoms with Gasteiger partial charge < -0.3 is 5.11 Å². The molecule has 4 aliphatic rings. The van der Waals surface area contributed by atoms with E-state index in [4.69, 9.17) is 23.2 Å². The molecule has 0 radical (unpaired) electrons. The molecule has 6 unspecified atom stereocenters. The summed E-state index contributed by atoms with van der Waals surface area (Å²) < 4.78 is 40.5. The van der Waals surface area contributed by atoms with Crippen LogP contribution < -0.4 is 5.43 Å². The normalized spacial score (nSPS) is 26.1. The maximum atomic E-state index is 15.4. The van der Waals surface area contributed by atoms with Gasteiger partial charge in [-0.05, 0) is 66.0 Å². The fraction of sp³-hybridized carbons (Fsp3) is 0.275. The van der Waals surface area contributed by atoms with E-state index in [1.165, 1.54) is 16.2 Å². The Balaban J connectivity index is 1.32. The number of anilines is 1. The molecule has 4 amide bonds. The lowest BCUT2D eigenvalue weighted by atomic mass is 9.49. The van der Waals surface area contributed by atoms with E-state index >= 15 is 4.79 Å². The molecule has 6 atom stereocenters. The molecule has 9 nitrogen and oxygen atoms in total. The van der Waals surface area contributed by atoms with E-state index in [1.807, 2.05) is 23.6 Å². The number of rotatable bonds is 8. The summed E-state index contributed by atoms with van der Waals surface area (Å²) in [6.45, 7) is 3.91. The molecule has 282 valence electrons. The molecule has 2 aliphatic carbocycles. The molecule has 2 aliphatic heterocycles. The first kappa shape index (κ1) is 37.0. The third-order valence-electron chi connectivity index (χ3n) is 11.4. The number of para-hydroxylation sites is 1. The highest BCUT2D eigenvalue weighted by molar-refractivity contribution is 7.09. The van der Waals surface area contributed by atoms with Crippen LogP contribution >= 0.6 is 34.5 Å². The highest BCUT2D eigenvalue weighted by Crippen LogP contribution is 2.65. The van der Waals surface area contributed by atoms with Crippen LogP contribution in [0, 0.1) is 23.7 Å². The highest BCUT2D eigenvalue weighted by Gasteiger charge is 2.70. The Morgan fingerprint density at radius 1 is 1.02 bits per heavy atom. The molecule has 4 aromatic rings. The van der Waals surface area contributed by atoms with Crippen molar-refractivity contribution in [3.63, 3.8) is 0 Å². The number of hydrogen-bond acceptors (Lipinski definition) is 8. The molecular formula is C40H31Cl2F3N4O5S. The summed E-state index contributed by atoms with van der Waals surface area (Å²) in [4.78, 5) is 64.4. The summed E-state index contributed by atoms with van der Waals surface area (Å²) >= 11 is 14.0. The van der Waals surface area contributed by atoms with Gasteiger partial charge in [0.2, 0.25) is 11.8 Å². The molecule has 4 heterocycles. The minimum Gasteiger partial charge on any atom is -0.507 e. The van der Waals surface area contributed by atoms with Gasteiger partial charge in [-0.15, -0.1) is 17.9 Å². The predicted octanol–water partition coefficient (Wildman–Crippen LogP) is 8.09. The molecule has 2 aromatic heterocycles. The third kappa shape index (κ3) is 5.77. The number of aromatic nitrogens is 1. The largest absolute Gasteiger partial charge is 0.507 e. The van der Waals surface area contributed by atoms with Crippen molar-refractivity contribution in [3.05, 3.63) is 134 Å². The van der Waals surface area contributed by atoms with Crippen molar-refractivity contribution >= 4 is 64.0 Å². The lowest BCUT2D eigenvalue weighted by molar-refractivity contribution is -0.142. The first-order valence-corrected chi connectivity index (χ1v) is 19.0. The molecule has 3 fully saturated rings. The highest BCUT2D eigenvalue weighted by atomic mass is 35.5. The average molecular weight is 808 g/mol. The molecule has 2 saturated heterocycles. The van der Waals surface area contributed by atoms with Gasteiger partial charge in [-0.25, -0.2) is 4.98 Å². The monoisotopic (exact) mass is 806 g/mol. The van der Waals surface area contributed by atoms with Crippen molar-refractivity contribution in [1.29, 1.82) is 0 Å². The molecule has 2 aromatic carbocycles. The second-order valence-electron chi connectivity index (χ2n) is 14.1. The van der Waals surface area contributed by atoms with Crippen LogP contribution in [0.2, 0.25) is 10.0 Å². The van der Waals surface area contributed by atoms with Crippen LogP contribution in [0.15, 0.2) is 96.5 Å². The Morgan fingerprint density at radius 3 is 2.45 bits per heavy atom. The van der Waals surface area contributed by atoms with Gasteiger partial charge in [0.15, 0.2) is 5.82 Å². The van der Waals surface area contributed by atoms with Gasteiger partial charge in [-0.1, -0.05) is 77.3 Å². The van der Waals surface area contributed by atoms with Crippen molar-refractivity contribution < 1.29 is 37.5 Å². The van der Waals surface area contributed by atoms with Crippen LogP contribution in [-0.2, 0) is 43.7 Å². The lowest BCUT2D eigenvalue weighted by Crippen LogP contribution is -2.53. The molecule has 15 heteroatoms. The molecule has 0 spiro atoms. The van der Waals surface area contributed by atoms with Gasteiger partial charge in [0.25, 0.3) is 11.8 Å². The van der Waals surface area contributed by atoms with Gasteiger partial charge >= 0.3 is 6.18 Å². The zero-order valence-corrected chi connectivity index (χ0v) is 31.1. The van der Waals surface area contributed by atoms with E-state index in [0.29, 0.717) is 39.5 Å². The van der Waals surface area contributed by atoms with E-state index in [1.54, 1.807) is 48.5 Å². The third-order valence-corrected chi connectivity index (χ3v) is 12.8. The van der Waals surface area contributed by atoms with Crippen LogP contribution in [-0.4, -0.2) is 43.6 Å². The quantitative estimate of drug-likeness (QED) is 0.137. The Hall–Kier alpha value is -4.98. The van der Waals surface area contributed by atoms with E-state index in [0.717, 1.165) is 9.89 Å². The zero-order chi connectivity index (χ0) is 39.0. The number of pyridine rings is 1. The molecule has 8 rings (SSSR count). The summed E-state index contributed by atoms with van der Waals surface area (Å²) in [7, 11) is 0. The maximum absolute atomic E-state index is 15.4. The number of thiophene rings is 1. The Labute approximate surface area is 327 Å². The molecule has 2 N–H and O–H groups in total. The van der Waals surface area contributed by atoms with Crippen molar-refractivity contribution in [2.75, 3.05) is 5.43 Å². The maximum Gasteiger partial charge on any atom is 0.417 e. The SMILES string of the molecule is C=CCc1cccc(C2C3=CCC4C(=O)N(Cc5cccs5)C(=O)C4C3CC3C(=O)N(Nc4ncc(C(F)(F)F)cc4Cl)C(=O)C32c2ccc(Cl)cc2)c1O. The Morgan fingerprint density at radius 2 is 1.78 bits per heavy atom. The number of nitrogens with zero attached hydrogens (tertiary/aromatic N) is 3. The number of benzene rings is 2. The van der Waals surface area contributed by atoms with Crippen molar-refractivity contribution in [3.8, 4) is 5.75 Å². The number of hydrazine groups is 1. The van der Waals surface area contributed by atoms with Gasteiger partial charge in [0, 0.05) is 27.6 Å². The number of fused-ring (bicyclic) bond motifs is 4. The zero-order valence-electron chi connectivity index (χ0n) is 28.7. The standard InChI is InChI=1S/C40H31Cl2F3N4O5S/c1-2-5-20-6-3-8-27(33(20)50)32-25-13-14-26-31(37(53)48(35(26)51)19-24-7-4-15-55-24)28(25)17-29-36(52)49(38(54)39(29,32)21-9-11-23(41)12-10-21)47-34-30(42)16-22(18-46-34)40(43,44)45/h2-4,6-13,15-16,18,26,28-29,31-32,50H,1,5,14,17,19H2,(H,46,47). The summed E-state index contributed by atoms with van der Waals surface area (Å²) in [5, 5.41) is 14.4. The van der Waals surface area contributed by atoms with Gasteiger partial charge in [-0.2, -0.15) is 18.2 Å². The molecule has 1 saturated carbocycles. The smallest absolute Gasteiger partial charge is 0.417 e. The Kier molecular flexibility index (Phi) is 9.17. The fourth-order valence-electron chi connectivity index (χ4n) is 9.07. The van der Waals surface area contributed by atoms with Crippen LogP contribution in [0.4, 0.5) is 19.0 Å². The second-order valence-corrected chi connectivity index (χ2v) is 16.0. The van der Waals surface area contributed by atoms with E-state index < -0.39 is 63.6 Å². The molecule has 55 heavy (non-hydrogen) atoms. The number of hydrogen-bond donors (Lipinski definition) is 2. The van der Waals surface area contributed by atoms with Gasteiger partial charge in [0.1, 0.15) is 5.75 Å². The number of phenolic OH excluding ortho intramolecular Hbond substituents is 1. The number of carbonyl (C=O) groups excluding carboxylic acids is 4. The van der Waals surface area contributed by atoms with Crippen molar-refractivity contribution in [1.82, 2.24) is 14.9 Å². The number of carbonyl (C=O) groups is 4.